The van der Waals surface area contributed by atoms with Crippen molar-refractivity contribution in [2.75, 3.05) is 6.54 Å². The largest absolute Gasteiger partial charge is 0.307 e. The highest BCUT2D eigenvalue weighted by molar-refractivity contribution is 9.10. The molecular formula is C13H18BrN. The van der Waals surface area contributed by atoms with Gasteiger partial charge in [-0.25, -0.2) is 0 Å². The van der Waals surface area contributed by atoms with E-state index in [0.717, 1.165) is 16.6 Å². The number of benzene rings is 1. The van der Waals surface area contributed by atoms with Crippen LogP contribution in [0.15, 0.2) is 34.8 Å². The van der Waals surface area contributed by atoms with Gasteiger partial charge in [-0.15, -0.1) is 0 Å². The fraction of sp³-hybridized carbons (Fsp3) is 0.385. The van der Waals surface area contributed by atoms with E-state index in [0.29, 0.717) is 0 Å². The van der Waals surface area contributed by atoms with Gasteiger partial charge in [0.2, 0.25) is 0 Å². The summed E-state index contributed by atoms with van der Waals surface area (Å²) in [6.45, 7) is 11.3. The van der Waals surface area contributed by atoms with Gasteiger partial charge in [0.05, 0.1) is 6.04 Å². The van der Waals surface area contributed by atoms with Crippen molar-refractivity contribution in [3.63, 3.8) is 0 Å². The summed E-state index contributed by atoms with van der Waals surface area (Å²) in [6.07, 6.45) is 0. The van der Waals surface area contributed by atoms with Gasteiger partial charge < -0.3 is 5.32 Å². The molecule has 0 spiro atoms. The number of halogens is 1. The zero-order valence-corrected chi connectivity index (χ0v) is 11.2. The topological polar surface area (TPSA) is 12.0 Å². The molecule has 1 nitrogen and oxygen atoms in total. The number of hydrogen-bond acceptors (Lipinski definition) is 1. The molecule has 0 fully saturated rings. The Bertz CT molecular complexity index is 358. The lowest BCUT2D eigenvalue weighted by molar-refractivity contribution is 0.618. The molecule has 0 aliphatic heterocycles. The van der Waals surface area contributed by atoms with Crippen LogP contribution in [0.25, 0.3) is 0 Å². The van der Waals surface area contributed by atoms with Gasteiger partial charge in [0.15, 0.2) is 0 Å². The fourth-order valence-electron chi connectivity index (χ4n) is 1.69. The Hall–Kier alpha value is -0.600. The smallest absolute Gasteiger partial charge is 0.0533 e. The van der Waals surface area contributed by atoms with Crippen LogP contribution >= 0.6 is 15.9 Å². The molecular weight excluding hydrogens is 250 g/mol. The normalized spacial score (nSPS) is 12.5. The molecule has 0 amide bonds. The summed E-state index contributed by atoms with van der Waals surface area (Å²) in [5.41, 5.74) is 3.74. The molecule has 15 heavy (non-hydrogen) atoms. The molecule has 0 aliphatic rings. The molecule has 1 atom stereocenters. The Balaban J connectivity index is 3.11. The average Bonchev–Trinajstić information content (AvgIpc) is 2.19. The Labute approximate surface area is 101 Å². The highest BCUT2D eigenvalue weighted by Gasteiger charge is 2.13. The third-order valence-electron chi connectivity index (χ3n) is 2.52. The predicted octanol–water partition coefficient (Wildman–Crippen LogP) is 3.98. The minimum atomic E-state index is 0.257. The van der Waals surface area contributed by atoms with Crippen molar-refractivity contribution in [3.05, 3.63) is 46.0 Å². The number of hydrogen-bond donors (Lipinski definition) is 1. The van der Waals surface area contributed by atoms with Crippen LogP contribution < -0.4 is 5.32 Å². The number of rotatable bonds is 4. The summed E-state index contributed by atoms with van der Waals surface area (Å²) in [7, 11) is 0. The van der Waals surface area contributed by atoms with Gasteiger partial charge in [0, 0.05) is 4.47 Å². The van der Waals surface area contributed by atoms with E-state index < -0.39 is 0 Å². The Kier molecular flexibility index (Phi) is 4.55. The number of likely N-dealkylation sites (N-methyl/N-ethyl adjacent to an activating group) is 1. The van der Waals surface area contributed by atoms with Gasteiger partial charge >= 0.3 is 0 Å². The maximum Gasteiger partial charge on any atom is 0.0533 e. The molecule has 0 bridgehead atoms. The summed E-state index contributed by atoms with van der Waals surface area (Å²) in [6, 6.07) is 6.55. The van der Waals surface area contributed by atoms with E-state index >= 15 is 0 Å². The van der Waals surface area contributed by atoms with Crippen LogP contribution in [0.5, 0.6) is 0 Å². The SMILES string of the molecule is C=C(C)C(NCC)c1cccc(Br)c1C. The van der Waals surface area contributed by atoms with Gasteiger partial charge in [-0.3, -0.25) is 0 Å². The molecule has 0 saturated carbocycles. The maximum absolute atomic E-state index is 4.04. The summed E-state index contributed by atoms with van der Waals surface area (Å²) in [4.78, 5) is 0. The zero-order chi connectivity index (χ0) is 11.4. The minimum absolute atomic E-state index is 0.257. The van der Waals surface area contributed by atoms with Gasteiger partial charge in [-0.2, -0.15) is 0 Å². The highest BCUT2D eigenvalue weighted by atomic mass is 79.9. The summed E-state index contributed by atoms with van der Waals surface area (Å²) < 4.78 is 1.16. The van der Waals surface area contributed by atoms with Gasteiger partial charge in [-0.1, -0.05) is 47.1 Å². The van der Waals surface area contributed by atoms with Gasteiger partial charge in [-0.05, 0) is 37.6 Å². The first-order valence-electron chi connectivity index (χ1n) is 5.21. The van der Waals surface area contributed by atoms with Crippen molar-refractivity contribution < 1.29 is 0 Å². The molecule has 0 saturated heterocycles. The van der Waals surface area contributed by atoms with E-state index in [1.807, 2.05) is 0 Å². The molecule has 0 aromatic heterocycles. The predicted molar refractivity (Wildman–Crippen MR) is 70.1 cm³/mol. The number of nitrogens with one attached hydrogen (secondary N) is 1. The Morgan fingerprint density at radius 2 is 2.20 bits per heavy atom. The van der Waals surface area contributed by atoms with Gasteiger partial charge in [0.1, 0.15) is 0 Å². The maximum atomic E-state index is 4.04. The second kappa shape index (κ2) is 5.47. The second-order valence-corrected chi connectivity index (χ2v) is 4.65. The van der Waals surface area contributed by atoms with Crippen LogP contribution in [0, 0.1) is 6.92 Å². The van der Waals surface area contributed by atoms with Crippen molar-refractivity contribution in [1.82, 2.24) is 5.32 Å². The molecule has 1 N–H and O–H groups in total. The molecule has 0 aliphatic carbocycles. The monoisotopic (exact) mass is 267 g/mol. The summed E-state index contributed by atoms with van der Waals surface area (Å²) in [5, 5.41) is 3.45. The molecule has 0 heterocycles. The average molecular weight is 268 g/mol. The van der Waals surface area contributed by atoms with Gasteiger partial charge in [0.25, 0.3) is 0 Å². The third kappa shape index (κ3) is 2.93. The van der Waals surface area contributed by atoms with E-state index in [1.54, 1.807) is 0 Å². The van der Waals surface area contributed by atoms with E-state index in [1.165, 1.54) is 11.1 Å². The van der Waals surface area contributed by atoms with Crippen molar-refractivity contribution in [2.45, 2.75) is 26.8 Å². The van der Waals surface area contributed by atoms with Crippen LogP contribution in [-0.4, -0.2) is 6.54 Å². The molecule has 1 unspecified atom stereocenters. The van der Waals surface area contributed by atoms with E-state index in [9.17, 15) is 0 Å². The van der Waals surface area contributed by atoms with Crippen LogP contribution in [0.4, 0.5) is 0 Å². The first-order valence-corrected chi connectivity index (χ1v) is 6.01. The van der Waals surface area contributed by atoms with Crippen molar-refractivity contribution >= 4 is 15.9 Å². The first-order chi connectivity index (χ1) is 7.07. The summed E-state index contributed by atoms with van der Waals surface area (Å²) in [5.74, 6) is 0. The van der Waals surface area contributed by atoms with E-state index in [2.05, 4.69) is 66.8 Å². The quantitative estimate of drug-likeness (QED) is 0.814. The van der Waals surface area contributed by atoms with Crippen LogP contribution in [-0.2, 0) is 0 Å². The zero-order valence-electron chi connectivity index (χ0n) is 9.60. The molecule has 1 rings (SSSR count). The molecule has 1 aromatic carbocycles. The van der Waals surface area contributed by atoms with E-state index in [-0.39, 0.29) is 6.04 Å². The van der Waals surface area contributed by atoms with Crippen molar-refractivity contribution in [1.29, 1.82) is 0 Å². The molecule has 2 heteroatoms. The highest BCUT2D eigenvalue weighted by Crippen LogP contribution is 2.27. The Morgan fingerprint density at radius 1 is 1.53 bits per heavy atom. The molecule has 1 aromatic rings. The van der Waals surface area contributed by atoms with Crippen LogP contribution in [0.2, 0.25) is 0 Å². The second-order valence-electron chi connectivity index (χ2n) is 3.79. The lowest BCUT2D eigenvalue weighted by atomic mass is 9.96. The lowest BCUT2D eigenvalue weighted by Gasteiger charge is -2.21. The van der Waals surface area contributed by atoms with Crippen molar-refractivity contribution in [3.8, 4) is 0 Å². The third-order valence-corrected chi connectivity index (χ3v) is 3.38. The molecule has 82 valence electrons. The molecule has 0 radical (unpaired) electrons. The summed E-state index contributed by atoms with van der Waals surface area (Å²) >= 11 is 3.56. The minimum Gasteiger partial charge on any atom is -0.307 e. The lowest BCUT2D eigenvalue weighted by Crippen LogP contribution is -2.22. The first kappa shape index (κ1) is 12.5. The van der Waals surface area contributed by atoms with Crippen LogP contribution in [0.1, 0.15) is 31.0 Å². The van der Waals surface area contributed by atoms with Crippen molar-refractivity contribution in [2.24, 2.45) is 0 Å². The van der Waals surface area contributed by atoms with Crippen LogP contribution in [0.3, 0.4) is 0 Å². The standard InChI is InChI=1S/C13H18BrN/c1-5-15-13(9(2)3)11-7-6-8-12(14)10(11)4/h6-8,13,15H,2,5H2,1,3-4H3. The Morgan fingerprint density at radius 3 is 2.73 bits per heavy atom. The van der Waals surface area contributed by atoms with E-state index in [4.69, 9.17) is 0 Å². The fourth-order valence-corrected chi connectivity index (χ4v) is 2.07.